The second kappa shape index (κ2) is 12.5. The first-order chi connectivity index (χ1) is 18.3. The van der Waals surface area contributed by atoms with Crippen LogP contribution < -0.4 is 5.32 Å². The number of esters is 1. The van der Waals surface area contributed by atoms with E-state index in [-0.39, 0.29) is 40.1 Å². The Bertz CT molecular complexity index is 1230. The molecule has 0 fully saturated rings. The molecule has 2 unspecified atom stereocenters. The molecule has 212 valence electrons. The molecule has 3 N–H and O–H groups in total. The highest BCUT2D eigenvalue weighted by molar-refractivity contribution is 8.04. The van der Waals surface area contributed by atoms with Crippen LogP contribution in [-0.2, 0) is 26.2 Å². The molecule has 2 aromatic rings. The van der Waals surface area contributed by atoms with Crippen LogP contribution in [0.2, 0.25) is 0 Å². The third-order valence-electron chi connectivity index (χ3n) is 7.53. The molecule has 0 aliphatic carbocycles. The lowest BCUT2D eigenvalue weighted by molar-refractivity contribution is -0.165. The zero-order valence-corrected chi connectivity index (χ0v) is 25.1. The Hall–Kier alpha value is -2.93. The number of rotatable bonds is 10. The molecule has 6 nitrogen and oxygen atoms in total. The molecule has 0 spiro atoms. The number of phenolic OH excluding ortho intramolecular Hbond substituents is 1. The van der Waals surface area contributed by atoms with Crippen LogP contribution in [0.25, 0.3) is 0 Å². The highest BCUT2D eigenvalue weighted by Crippen LogP contribution is 2.46. The van der Waals surface area contributed by atoms with Crippen LogP contribution in [0.1, 0.15) is 90.3 Å². The minimum atomic E-state index is -0.809. The molecule has 0 radical (unpaired) electrons. The SMILES string of the molecule is CCCCC(C)C1(CCc2ccc(O)cc2)CC(O)=C(Sc2cc(C)c(NC(C)=O)cc2C(C)(C)C)C(=O)O1. The zero-order chi connectivity index (χ0) is 29.0. The van der Waals surface area contributed by atoms with Gasteiger partial charge in [0.25, 0.3) is 0 Å². The number of anilines is 1. The van der Waals surface area contributed by atoms with E-state index < -0.39 is 11.6 Å². The summed E-state index contributed by atoms with van der Waals surface area (Å²) in [6.07, 6.45) is 4.45. The van der Waals surface area contributed by atoms with Gasteiger partial charge in [0.2, 0.25) is 5.91 Å². The molecule has 7 heteroatoms. The van der Waals surface area contributed by atoms with E-state index in [0.29, 0.717) is 12.8 Å². The summed E-state index contributed by atoms with van der Waals surface area (Å²) in [5, 5.41) is 23.9. The monoisotopic (exact) mass is 553 g/mol. The number of phenols is 1. The fraction of sp³-hybridized carbons (Fsp3) is 0.500. The summed E-state index contributed by atoms with van der Waals surface area (Å²) in [5.74, 6) is -0.298. The standard InChI is InChI=1S/C32H43NO5S/c1-8-9-10-21(3)32(16-15-23-11-13-24(35)14-12-23)19-27(36)29(30(37)38-32)39-28-17-20(2)26(33-22(4)34)18-25(28)31(5,6)7/h11-14,17-18,21,35-36H,8-10,15-16,19H2,1-7H3,(H,33,34). The van der Waals surface area contributed by atoms with Crippen molar-refractivity contribution in [3.05, 3.63) is 63.8 Å². The zero-order valence-electron chi connectivity index (χ0n) is 24.3. The quantitative estimate of drug-likeness (QED) is 0.258. The van der Waals surface area contributed by atoms with Crippen LogP contribution in [0.5, 0.6) is 5.75 Å². The van der Waals surface area contributed by atoms with Gasteiger partial charge in [-0.1, -0.05) is 71.4 Å². The number of nitrogens with one attached hydrogen (secondary N) is 1. The summed E-state index contributed by atoms with van der Waals surface area (Å²) in [7, 11) is 0. The molecule has 1 heterocycles. The Morgan fingerprint density at radius 1 is 1.18 bits per heavy atom. The number of benzene rings is 2. The predicted octanol–water partition coefficient (Wildman–Crippen LogP) is 7.96. The number of thioether (sulfide) groups is 1. The molecule has 1 aliphatic heterocycles. The number of unbranched alkanes of at least 4 members (excludes halogenated alkanes) is 1. The van der Waals surface area contributed by atoms with Crippen molar-refractivity contribution in [2.24, 2.45) is 5.92 Å². The lowest BCUT2D eigenvalue weighted by atomic mass is 9.77. The van der Waals surface area contributed by atoms with E-state index in [2.05, 4.69) is 39.9 Å². The van der Waals surface area contributed by atoms with Crippen LogP contribution in [0, 0.1) is 12.8 Å². The number of aryl methyl sites for hydroxylation is 2. The van der Waals surface area contributed by atoms with Gasteiger partial charge in [-0.2, -0.15) is 0 Å². The summed E-state index contributed by atoms with van der Waals surface area (Å²) < 4.78 is 6.28. The van der Waals surface area contributed by atoms with E-state index in [9.17, 15) is 19.8 Å². The van der Waals surface area contributed by atoms with Gasteiger partial charge in [0.1, 0.15) is 22.0 Å². The van der Waals surface area contributed by atoms with Gasteiger partial charge in [0, 0.05) is 23.9 Å². The first kappa shape index (κ1) is 30.6. The Morgan fingerprint density at radius 2 is 1.85 bits per heavy atom. The number of cyclic esters (lactones) is 1. The normalized spacial score (nSPS) is 18.6. The highest BCUT2D eigenvalue weighted by Gasteiger charge is 2.46. The Morgan fingerprint density at radius 3 is 2.41 bits per heavy atom. The summed E-state index contributed by atoms with van der Waals surface area (Å²) >= 11 is 1.24. The Balaban J connectivity index is 1.96. The molecule has 0 bridgehead atoms. The minimum Gasteiger partial charge on any atom is -0.511 e. The maximum absolute atomic E-state index is 13.6. The summed E-state index contributed by atoms with van der Waals surface area (Å²) in [6, 6.07) is 11.0. The third kappa shape index (κ3) is 7.59. The van der Waals surface area contributed by atoms with Crippen LogP contribution in [-0.4, -0.2) is 27.7 Å². The summed E-state index contributed by atoms with van der Waals surface area (Å²) in [4.78, 5) is 26.4. The van der Waals surface area contributed by atoms with Crippen LogP contribution in [0.3, 0.4) is 0 Å². The summed E-state index contributed by atoms with van der Waals surface area (Å²) in [6.45, 7) is 13.9. The second-order valence-electron chi connectivity index (χ2n) is 11.8. The van der Waals surface area contributed by atoms with E-state index in [1.807, 2.05) is 31.2 Å². The molecule has 1 aliphatic rings. The smallest absolute Gasteiger partial charge is 0.349 e. The molecule has 3 rings (SSSR count). The third-order valence-corrected chi connectivity index (χ3v) is 8.69. The van der Waals surface area contributed by atoms with Crippen molar-refractivity contribution >= 4 is 29.3 Å². The van der Waals surface area contributed by atoms with Gasteiger partial charge in [-0.25, -0.2) is 4.79 Å². The topological polar surface area (TPSA) is 95.9 Å². The molecule has 1 amide bonds. The predicted molar refractivity (Wildman–Crippen MR) is 158 cm³/mol. The number of hydrogen-bond donors (Lipinski definition) is 3. The maximum atomic E-state index is 13.6. The van der Waals surface area contributed by atoms with Gasteiger partial charge in [-0.3, -0.25) is 4.79 Å². The number of aliphatic hydroxyl groups is 1. The molecule has 0 aromatic heterocycles. The molecular formula is C32H43NO5S. The van der Waals surface area contributed by atoms with Crippen molar-refractivity contribution in [3.8, 4) is 5.75 Å². The van der Waals surface area contributed by atoms with Gasteiger partial charge in [0.15, 0.2) is 0 Å². The van der Waals surface area contributed by atoms with Gasteiger partial charge in [-0.15, -0.1) is 0 Å². The number of amides is 1. The minimum absolute atomic E-state index is 0.0637. The van der Waals surface area contributed by atoms with E-state index in [1.165, 1.54) is 18.7 Å². The number of aliphatic hydroxyl groups excluding tert-OH is 1. The number of aromatic hydroxyl groups is 1. The first-order valence-electron chi connectivity index (χ1n) is 13.8. The number of carbonyl (C=O) groups excluding carboxylic acids is 2. The summed E-state index contributed by atoms with van der Waals surface area (Å²) in [5.41, 5.74) is 2.55. The largest absolute Gasteiger partial charge is 0.511 e. The molecule has 2 aromatic carbocycles. The highest BCUT2D eigenvalue weighted by atomic mass is 32.2. The van der Waals surface area contributed by atoms with Gasteiger partial charge < -0.3 is 20.3 Å². The van der Waals surface area contributed by atoms with Crippen LogP contribution in [0.15, 0.2) is 52.0 Å². The lowest BCUT2D eigenvalue weighted by Gasteiger charge is -2.42. The Kier molecular flexibility index (Phi) is 9.81. The van der Waals surface area contributed by atoms with Crippen molar-refractivity contribution in [2.45, 2.75) is 103 Å². The first-order valence-corrected chi connectivity index (χ1v) is 14.6. The maximum Gasteiger partial charge on any atom is 0.349 e. The van der Waals surface area contributed by atoms with Crippen molar-refractivity contribution in [2.75, 3.05) is 5.32 Å². The van der Waals surface area contributed by atoms with Crippen LogP contribution in [0.4, 0.5) is 5.69 Å². The number of carbonyl (C=O) groups is 2. The number of ether oxygens (including phenoxy) is 1. The van der Waals surface area contributed by atoms with E-state index in [4.69, 9.17) is 4.74 Å². The molecule has 0 saturated carbocycles. The average Bonchev–Trinajstić information content (AvgIpc) is 2.84. The van der Waals surface area contributed by atoms with E-state index >= 15 is 0 Å². The molecule has 2 atom stereocenters. The van der Waals surface area contributed by atoms with E-state index in [1.54, 1.807) is 12.1 Å². The van der Waals surface area contributed by atoms with Gasteiger partial charge >= 0.3 is 5.97 Å². The molecule has 39 heavy (non-hydrogen) atoms. The van der Waals surface area contributed by atoms with Crippen molar-refractivity contribution in [1.29, 1.82) is 0 Å². The lowest BCUT2D eigenvalue weighted by Crippen LogP contribution is -2.45. The van der Waals surface area contributed by atoms with Gasteiger partial charge in [0.05, 0.1) is 0 Å². The van der Waals surface area contributed by atoms with E-state index in [0.717, 1.165) is 46.5 Å². The van der Waals surface area contributed by atoms with Gasteiger partial charge in [-0.05, 0) is 78.5 Å². The van der Waals surface area contributed by atoms with Crippen molar-refractivity contribution in [1.82, 2.24) is 0 Å². The Labute approximate surface area is 237 Å². The fourth-order valence-corrected chi connectivity index (χ4v) is 6.33. The fourth-order valence-electron chi connectivity index (χ4n) is 5.09. The molecular weight excluding hydrogens is 510 g/mol. The second-order valence-corrected chi connectivity index (χ2v) is 12.9. The van der Waals surface area contributed by atoms with Crippen LogP contribution >= 0.6 is 11.8 Å². The van der Waals surface area contributed by atoms with Crippen molar-refractivity contribution in [3.63, 3.8) is 0 Å². The average molecular weight is 554 g/mol. The molecule has 0 saturated heterocycles. The number of hydrogen-bond acceptors (Lipinski definition) is 6. The van der Waals surface area contributed by atoms with Crippen molar-refractivity contribution < 1.29 is 24.5 Å².